The fraction of sp³-hybridized carbons (Fsp3) is 0.583. The van der Waals surface area contributed by atoms with Gasteiger partial charge < -0.3 is 9.42 Å². The summed E-state index contributed by atoms with van der Waals surface area (Å²) in [5, 5.41) is 4.80. The molecule has 2 aromatic heterocycles. The van der Waals surface area contributed by atoms with Crippen molar-refractivity contribution in [3.63, 3.8) is 0 Å². The lowest BCUT2D eigenvalue weighted by Gasteiger charge is -2.04. The summed E-state index contributed by atoms with van der Waals surface area (Å²) in [6.45, 7) is 3.86. The van der Waals surface area contributed by atoms with Crippen molar-refractivity contribution in [1.82, 2.24) is 14.5 Å². The van der Waals surface area contributed by atoms with Crippen LogP contribution in [0.3, 0.4) is 0 Å². The molecule has 0 N–H and O–H groups in total. The fourth-order valence-electron chi connectivity index (χ4n) is 1.74. The van der Waals surface area contributed by atoms with Crippen LogP contribution in [0.1, 0.15) is 29.8 Å². The predicted molar refractivity (Wildman–Crippen MR) is 80.4 cm³/mol. The highest BCUT2D eigenvalue weighted by Gasteiger charge is 2.16. The van der Waals surface area contributed by atoms with Gasteiger partial charge in [0.15, 0.2) is 5.82 Å². The summed E-state index contributed by atoms with van der Waals surface area (Å²) >= 11 is 1.32. The largest absolute Gasteiger partial charge is 0.361 e. The monoisotopic (exact) mass is 314 g/mol. The molecule has 0 aliphatic carbocycles. The third kappa shape index (κ3) is 3.43. The Hall–Kier alpha value is -1.28. The molecule has 0 aromatic carbocycles. The summed E-state index contributed by atoms with van der Waals surface area (Å²) in [5.41, 5.74) is 1.84. The molecular weight excluding hydrogens is 296 g/mol. The van der Waals surface area contributed by atoms with Crippen molar-refractivity contribution < 1.29 is 8.73 Å². The van der Waals surface area contributed by atoms with Crippen molar-refractivity contribution in [2.75, 3.05) is 19.0 Å². The van der Waals surface area contributed by atoms with Gasteiger partial charge >= 0.3 is 0 Å². The van der Waals surface area contributed by atoms with E-state index in [4.69, 9.17) is 4.52 Å². The van der Waals surface area contributed by atoms with Gasteiger partial charge in [-0.25, -0.2) is 4.98 Å². The first-order chi connectivity index (χ1) is 9.51. The summed E-state index contributed by atoms with van der Waals surface area (Å²) < 4.78 is 21.6. The summed E-state index contributed by atoms with van der Waals surface area (Å²) in [7, 11) is 2.76. The van der Waals surface area contributed by atoms with E-state index in [1.807, 2.05) is 32.8 Å². The lowest BCUT2D eigenvalue weighted by atomic mass is 10.2. The maximum Gasteiger partial charge on any atom is 0.204 e. The molecule has 0 bridgehead atoms. The number of nitrogens with zero attached hydrogens (tertiary/aromatic N) is 4. The molecule has 0 aliphatic heterocycles. The molecule has 2 heterocycles. The van der Waals surface area contributed by atoms with E-state index in [0.717, 1.165) is 28.6 Å². The van der Waals surface area contributed by atoms with Crippen LogP contribution in [0.5, 0.6) is 0 Å². The highest BCUT2D eigenvalue weighted by Crippen LogP contribution is 2.19. The minimum atomic E-state index is -1.06. The second-order valence-corrected chi connectivity index (χ2v) is 6.82. The van der Waals surface area contributed by atoms with Gasteiger partial charge in [0.2, 0.25) is 5.13 Å². The van der Waals surface area contributed by atoms with Gasteiger partial charge in [-0.3, -0.25) is 4.21 Å². The van der Waals surface area contributed by atoms with Crippen molar-refractivity contribution in [1.29, 1.82) is 0 Å². The zero-order valence-corrected chi connectivity index (χ0v) is 13.7. The fourth-order valence-corrected chi connectivity index (χ4v) is 3.64. The highest BCUT2D eigenvalue weighted by atomic mass is 32.2. The first kappa shape index (κ1) is 15.1. The van der Waals surface area contributed by atoms with Crippen molar-refractivity contribution in [2.24, 2.45) is 0 Å². The molecule has 0 saturated heterocycles. The predicted octanol–water partition coefficient (Wildman–Crippen LogP) is 1.91. The maximum absolute atomic E-state index is 12.2. The van der Waals surface area contributed by atoms with Crippen LogP contribution in [0.4, 0.5) is 5.13 Å². The van der Waals surface area contributed by atoms with Gasteiger partial charge in [0, 0.05) is 42.0 Å². The molecule has 2 aromatic rings. The van der Waals surface area contributed by atoms with E-state index in [1.54, 1.807) is 0 Å². The van der Waals surface area contributed by atoms with Crippen molar-refractivity contribution in [2.45, 2.75) is 31.8 Å². The van der Waals surface area contributed by atoms with E-state index >= 15 is 0 Å². The molecule has 1 unspecified atom stereocenters. The number of aromatic nitrogens is 3. The summed E-state index contributed by atoms with van der Waals surface area (Å²) in [6.07, 6.45) is 0.781. The van der Waals surface area contributed by atoms with Crippen LogP contribution in [-0.2, 0) is 28.7 Å². The van der Waals surface area contributed by atoms with Crippen LogP contribution in [0.2, 0.25) is 0 Å². The minimum absolute atomic E-state index is 0.359. The van der Waals surface area contributed by atoms with E-state index in [-0.39, 0.29) is 0 Å². The number of hydrogen-bond donors (Lipinski definition) is 0. The second-order valence-electron chi connectivity index (χ2n) is 4.63. The van der Waals surface area contributed by atoms with Crippen LogP contribution in [0.15, 0.2) is 4.52 Å². The molecular formula is C12H18N4O2S2. The summed E-state index contributed by atoms with van der Waals surface area (Å²) in [5.74, 6) is 2.17. The van der Waals surface area contributed by atoms with Crippen LogP contribution < -0.4 is 4.90 Å². The van der Waals surface area contributed by atoms with Gasteiger partial charge in [0.1, 0.15) is 5.76 Å². The van der Waals surface area contributed by atoms with E-state index in [9.17, 15) is 4.21 Å². The normalized spacial score (nSPS) is 12.6. The first-order valence-corrected chi connectivity index (χ1v) is 8.56. The third-order valence-electron chi connectivity index (χ3n) is 2.84. The van der Waals surface area contributed by atoms with Gasteiger partial charge in [-0.05, 0) is 13.3 Å². The van der Waals surface area contributed by atoms with Gasteiger partial charge in [-0.15, -0.1) is 0 Å². The van der Waals surface area contributed by atoms with Crippen LogP contribution in [0, 0.1) is 6.92 Å². The molecule has 0 amide bonds. The Balaban J connectivity index is 2.03. The SMILES string of the molecule is CCc1noc(C)c1CS(=O)Cc1nsc(N(C)C)n1. The van der Waals surface area contributed by atoms with E-state index in [2.05, 4.69) is 14.5 Å². The van der Waals surface area contributed by atoms with Crippen molar-refractivity contribution >= 4 is 27.5 Å². The molecule has 1 atom stereocenters. The summed E-state index contributed by atoms with van der Waals surface area (Å²) in [6, 6.07) is 0. The maximum atomic E-state index is 12.2. The van der Waals surface area contributed by atoms with Crippen molar-refractivity contribution in [3.05, 3.63) is 22.8 Å². The second kappa shape index (κ2) is 6.45. The lowest BCUT2D eigenvalue weighted by Crippen LogP contribution is -2.08. The Morgan fingerprint density at radius 1 is 1.35 bits per heavy atom. The Kier molecular flexibility index (Phi) is 4.87. The van der Waals surface area contributed by atoms with Gasteiger partial charge in [0.25, 0.3) is 0 Å². The van der Waals surface area contributed by atoms with Crippen molar-refractivity contribution in [3.8, 4) is 0 Å². The molecule has 20 heavy (non-hydrogen) atoms. The third-order valence-corrected chi connectivity index (χ3v) is 4.95. The molecule has 0 fully saturated rings. The molecule has 6 nitrogen and oxygen atoms in total. The topological polar surface area (TPSA) is 72.1 Å². The average Bonchev–Trinajstić information content (AvgIpc) is 2.98. The molecule has 110 valence electrons. The summed E-state index contributed by atoms with van der Waals surface area (Å²) in [4.78, 5) is 6.24. The Labute approximate surface area is 124 Å². The van der Waals surface area contributed by atoms with E-state index in [1.165, 1.54) is 11.5 Å². The number of rotatable bonds is 6. The van der Waals surface area contributed by atoms with E-state index < -0.39 is 10.8 Å². The highest BCUT2D eigenvalue weighted by molar-refractivity contribution is 7.83. The van der Waals surface area contributed by atoms with Gasteiger partial charge in [-0.1, -0.05) is 12.1 Å². The minimum Gasteiger partial charge on any atom is -0.361 e. The molecule has 8 heteroatoms. The standard InChI is InChI=1S/C12H18N4O2S2/c1-5-10-9(8(2)18-14-10)6-20(17)7-11-13-12(16(3)4)19-15-11/h5-7H2,1-4H3. The molecule has 0 radical (unpaired) electrons. The molecule has 0 spiro atoms. The zero-order valence-electron chi connectivity index (χ0n) is 12.0. The smallest absolute Gasteiger partial charge is 0.204 e. The zero-order chi connectivity index (χ0) is 14.7. The quantitative estimate of drug-likeness (QED) is 0.811. The Morgan fingerprint density at radius 2 is 2.10 bits per heavy atom. The van der Waals surface area contributed by atoms with Crippen LogP contribution in [0.25, 0.3) is 0 Å². The Bertz CT molecular complexity index is 606. The number of aryl methyl sites for hydroxylation is 2. The van der Waals surface area contributed by atoms with E-state index in [0.29, 0.717) is 17.3 Å². The first-order valence-electron chi connectivity index (χ1n) is 6.30. The lowest BCUT2D eigenvalue weighted by molar-refractivity contribution is 0.390. The average molecular weight is 314 g/mol. The molecule has 0 saturated carbocycles. The number of hydrogen-bond acceptors (Lipinski definition) is 7. The molecule has 0 aliphatic rings. The Morgan fingerprint density at radius 3 is 2.70 bits per heavy atom. The van der Waals surface area contributed by atoms with Crippen LogP contribution in [-0.4, -0.2) is 32.8 Å². The van der Waals surface area contributed by atoms with Gasteiger partial charge in [0.05, 0.1) is 17.2 Å². The van der Waals surface area contributed by atoms with Crippen LogP contribution >= 0.6 is 11.5 Å². The molecule has 2 rings (SSSR count). The number of anilines is 1. The van der Waals surface area contributed by atoms with Gasteiger partial charge in [-0.2, -0.15) is 4.37 Å².